The van der Waals surface area contributed by atoms with E-state index in [1.807, 2.05) is 36.4 Å². The number of anilines is 2. The number of carbonyl (C=O) groups excluding carboxylic acids is 1. The first-order valence-electron chi connectivity index (χ1n) is 14.2. The normalized spacial score (nSPS) is 16.0. The Morgan fingerprint density at radius 2 is 1.57 bits per heavy atom. The fraction of sp³-hybridized carbons (Fsp3) is 0.344. The highest BCUT2D eigenvalue weighted by Crippen LogP contribution is 2.35. The first kappa shape index (κ1) is 31.0. The monoisotopic (exact) mass is 621 g/mol. The molecule has 5 rings (SSSR count). The van der Waals surface area contributed by atoms with Crippen LogP contribution in [0.25, 0.3) is 10.8 Å². The van der Waals surface area contributed by atoms with E-state index in [0.717, 1.165) is 34.7 Å². The number of rotatable bonds is 11. The number of pyridine rings is 2. The molecule has 3 N–H and O–H groups in total. The summed E-state index contributed by atoms with van der Waals surface area (Å²) in [6.07, 6.45) is 3.40. The molecule has 0 saturated heterocycles. The van der Waals surface area contributed by atoms with Gasteiger partial charge >= 0.3 is 6.03 Å². The van der Waals surface area contributed by atoms with Crippen LogP contribution in [-0.4, -0.2) is 61.7 Å². The predicted molar refractivity (Wildman–Crippen MR) is 169 cm³/mol. The standard InChI is InChI=1S/C32H36ClN5O6/c1-41-22-10-8-19(27(14-22)43-3)17-38(18-20-9-11-23(42-2)15-28(20)44-4)31-24-16-34-30(13-21(24)12-29(33)36-31)37-32(40)35-25-6-5-7-26(25)39/h8-16,25-26,39H,5-7,17-18H2,1-4H3,(H2,34,35,37,40)/t25-,26-/m0/s1. The lowest BCUT2D eigenvalue weighted by Gasteiger charge is -2.27. The molecule has 11 nitrogen and oxygen atoms in total. The number of aliphatic hydroxyl groups is 1. The molecule has 1 saturated carbocycles. The van der Waals surface area contributed by atoms with Gasteiger partial charge in [-0.25, -0.2) is 14.8 Å². The smallest absolute Gasteiger partial charge is 0.320 e. The zero-order valence-corrected chi connectivity index (χ0v) is 25.9. The molecule has 232 valence electrons. The third kappa shape index (κ3) is 7.00. The fourth-order valence-corrected chi connectivity index (χ4v) is 5.62. The summed E-state index contributed by atoms with van der Waals surface area (Å²) in [5, 5.41) is 17.4. The van der Waals surface area contributed by atoms with Gasteiger partial charge in [-0.3, -0.25) is 5.32 Å². The van der Waals surface area contributed by atoms with Crippen LogP contribution < -0.4 is 34.5 Å². The highest BCUT2D eigenvalue weighted by Gasteiger charge is 2.27. The molecule has 2 heterocycles. The number of amides is 2. The third-order valence-electron chi connectivity index (χ3n) is 7.71. The molecule has 2 aromatic heterocycles. The minimum Gasteiger partial charge on any atom is -0.497 e. The number of hydrogen-bond acceptors (Lipinski definition) is 9. The second-order valence-electron chi connectivity index (χ2n) is 10.5. The SMILES string of the molecule is COc1ccc(CN(Cc2ccc(OC)cc2OC)c2nc(Cl)cc3cc(NC(=O)N[C@H]4CCC[C@@H]4O)ncc23)c(OC)c1. The molecule has 44 heavy (non-hydrogen) atoms. The number of ether oxygens (including phenoxy) is 4. The molecule has 1 aliphatic carbocycles. The van der Waals surface area contributed by atoms with Crippen molar-refractivity contribution in [2.24, 2.45) is 0 Å². The molecule has 0 bridgehead atoms. The number of benzene rings is 2. The van der Waals surface area contributed by atoms with Crippen molar-refractivity contribution in [2.45, 2.75) is 44.5 Å². The molecule has 0 spiro atoms. The minimum absolute atomic E-state index is 0.275. The number of nitrogens with one attached hydrogen (secondary N) is 2. The second-order valence-corrected chi connectivity index (χ2v) is 10.9. The summed E-state index contributed by atoms with van der Waals surface area (Å²) in [6.45, 7) is 0.799. The predicted octanol–water partition coefficient (Wildman–Crippen LogP) is 5.56. The van der Waals surface area contributed by atoms with Crippen molar-refractivity contribution in [1.29, 1.82) is 0 Å². The van der Waals surface area contributed by atoms with Crippen LogP contribution in [-0.2, 0) is 13.1 Å². The molecule has 1 aliphatic rings. The van der Waals surface area contributed by atoms with E-state index in [4.69, 9.17) is 35.5 Å². The van der Waals surface area contributed by atoms with E-state index in [2.05, 4.69) is 20.5 Å². The van der Waals surface area contributed by atoms with E-state index >= 15 is 0 Å². The highest BCUT2D eigenvalue weighted by atomic mass is 35.5. The summed E-state index contributed by atoms with van der Waals surface area (Å²) >= 11 is 6.59. The lowest BCUT2D eigenvalue weighted by atomic mass is 10.1. The number of hydrogen-bond donors (Lipinski definition) is 3. The van der Waals surface area contributed by atoms with Gasteiger partial charge in [-0.2, -0.15) is 0 Å². The molecular formula is C32H36ClN5O6. The molecule has 4 aromatic rings. The minimum atomic E-state index is -0.544. The molecule has 2 aromatic carbocycles. The molecule has 0 aliphatic heterocycles. The van der Waals surface area contributed by atoms with Gasteiger partial charge in [-0.15, -0.1) is 0 Å². The molecule has 2 atom stereocenters. The van der Waals surface area contributed by atoms with Crippen LogP contribution in [0.15, 0.2) is 54.7 Å². The van der Waals surface area contributed by atoms with Crippen LogP contribution in [0.3, 0.4) is 0 Å². The molecular weight excluding hydrogens is 586 g/mol. The Morgan fingerprint density at radius 1 is 0.932 bits per heavy atom. The van der Waals surface area contributed by atoms with Gasteiger partial charge in [-0.1, -0.05) is 11.6 Å². The van der Waals surface area contributed by atoms with E-state index in [9.17, 15) is 9.90 Å². The number of methoxy groups -OCH3 is 4. The number of nitrogens with zero attached hydrogens (tertiary/aromatic N) is 3. The van der Waals surface area contributed by atoms with Gasteiger partial charge in [0, 0.05) is 47.9 Å². The fourth-order valence-electron chi connectivity index (χ4n) is 5.42. The average Bonchev–Trinajstić information content (AvgIpc) is 3.43. The Kier molecular flexibility index (Phi) is 9.76. The summed E-state index contributed by atoms with van der Waals surface area (Å²) in [5.41, 5.74) is 1.79. The zero-order valence-electron chi connectivity index (χ0n) is 25.1. The zero-order chi connectivity index (χ0) is 31.2. The number of halogens is 1. The summed E-state index contributed by atoms with van der Waals surface area (Å²) in [5.74, 6) is 3.60. The van der Waals surface area contributed by atoms with Crippen molar-refractivity contribution in [3.63, 3.8) is 0 Å². The van der Waals surface area contributed by atoms with Crippen LogP contribution >= 0.6 is 11.6 Å². The van der Waals surface area contributed by atoms with Gasteiger partial charge in [0.25, 0.3) is 0 Å². The Balaban J connectivity index is 1.52. The Labute approximate surface area is 261 Å². The molecule has 1 fully saturated rings. The Bertz CT molecular complexity index is 1580. The first-order valence-corrected chi connectivity index (χ1v) is 14.6. The second kappa shape index (κ2) is 13.9. The van der Waals surface area contributed by atoms with Gasteiger partial charge in [0.2, 0.25) is 0 Å². The van der Waals surface area contributed by atoms with E-state index in [0.29, 0.717) is 54.1 Å². The summed E-state index contributed by atoms with van der Waals surface area (Å²) in [7, 11) is 6.45. The van der Waals surface area contributed by atoms with Crippen LogP contribution in [0.1, 0.15) is 30.4 Å². The lowest BCUT2D eigenvalue weighted by Crippen LogP contribution is -2.42. The number of aromatic nitrogens is 2. The van der Waals surface area contributed by atoms with E-state index in [1.54, 1.807) is 46.8 Å². The van der Waals surface area contributed by atoms with Gasteiger partial charge in [0.15, 0.2) is 0 Å². The Morgan fingerprint density at radius 3 is 2.11 bits per heavy atom. The molecule has 12 heteroatoms. The number of carbonyl (C=O) groups is 1. The van der Waals surface area contributed by atoms with Crippen molar-refractivity contribution in [1.82, 2.24) is 15.3 Å². The van der Waals surface area contributed by atoms with Crippen LogP contribution in [0, 0.1) is 0 Å². The van der Waals surface area contributed by atoms with Gasteiger partial charge in [0.05, 0.1) is 40.6 Å². The quantitative estimate of drug-likeness (QED) is 0.184. The van der Waals surface area contributed by atoms with Crippen molar-refractivity contribution >= 4 is 40.0 Å². The highest BCUT2D eigenvalue weighted by molar-refractivity contribution is 6.30. The molecule has 0 radical (unpaired) electrons. The summed E-state index contributed by atoms with van der Waals surface area (Å²) < 4.78 is 22.2. The van der Waals surface area contributed by atoms with Crippen LogP contribution in [0.4, 0.5) is 16.4 Å². The topological polar surface area (TPSA) is 127 Å². The van der Waals surface area contributed by atoms with E-state index in [-0.39, 0.29) is 11.2 Å². The van der Waals surface area contributed by atoms with Gasteiger partial charge in [-0.05, 0) is 61.0 Å². The van der Waals surface area contributed by atoms with Crippen LogP contribution in [0.5, 0.6) is 23.0 Å². The van der Waals surface area contributed by atoms with Crippen molar-refractivity contribution in [3.8, 4) is 23.0 Å². The number of urea groups is 1. The average molecular weight is 622 g/mol. The number of fused-ring (bicyclic) bond motifs is 1. The molecule has 0 unspecified atom stereocenters. The van der Waals surface area contributed by atoms with Gasteiger partial charge < -0.3 is 34.3 Å². The maximum atomic E-state index is 12.6. The largest absolute Gasteiger partial charge is 0.497 e. The summed E-state index contributed by atoms with van der Waals surface area (Å²) in [6, 6.07) is 14.1. The lowest BCUT2D eigenvalue weighted by molar-refractivity contribution is 0.151. The summed E-state index contributed by atoms with van der Waals surface area (Å²) in [4.78, 5) is 24.0. The van der Waals surface area contributed by atoms with Crippen LogP contribution in [0.2, 0.25) is 5.15 Å². The number of aliphatic hydroxyl groups excluding tert-OH is 1. The van der Waals surface area contributed by atoms with Crippen molar-refractivity contribution in [2.75, 3.05) is 38.7 Å². The Hall–Kier alpha value is -4.48. The maximum absolute atomic E-state index is 12.6. The van der Waals surface area contributed by atoms with Gasteiger partial charge in [0.1, 0.15) is 39.8 Å². The maximum Gasteiger partial charge on any atom is 0.320 e. The van der Waals surface area contributed by atoms with Crippen molar-refractivity contribution in [3.05, 3.63) is 71.0 Å². The first-order chi connectivity index (χ1) is 21.3. The third-order valence-corrected chi connectivity index (χ3v) is 7.91. The molecule has 2 amide bonds. The van der Waals surface area contributed by atoms with E-state index in [1.165, 1.54) is 0 Å². The van der Waals surface area contributed by atoms with E-state index < -0.39 is 12.1 Å². The van der Waals surface area contributed by atoms with Crippen molar-refractivity contribution < 1.29 is 28.8 Å².